The molecule has 1 rings (SSSR count). The first-order chi connectivity index (χ1) is 4.93. The zero-order valence-corrected chi connectivity index (χ0v) is 6.34. The van der Waals surface area contributed by atoms with Gasteiger partial charge in [0.05, 0.1) is 0 Å². The van der Waals surface area contributed by atoms with Crippen LogP contribution >= 0.6 is 0 Å². The average molecular weight is 150 g/mol. The summed E-state index contributed by atoms with van der Waals surface area (Å²) in [6.07, 6.45) is 13.5. The summed E-state index contributed by atoms with van der Waals surface area (Å²) in [6.45, 7) is 3.69. The summed E-state index contributed by atoms with van der Waals surface area (Å²) in [7, 11) is 0. The van der Waals surface area contributed by atoms with Crippen molar-refractivity contribution in [3.63, 3.8) is 0 Å². The third-order valence-electron chi connectivity index (χ3n) is 1.71. The summed E-state index contributed by atoms with van der Waals surface area (Å²) in [5.74, 6) is 0. The van der Waals surface area contributed by atoms with Gasteiger partial charge in [0.15, 0.2) is 0 Å². The van der Waals surface area contributed by atoms with Gasteiger partial charge in [-0.2, -0.15) is 0 Å². The van der Waals surface area contributed by atoms with Crippen LogP contribution in [0.15, 0.2) is 36.5 Å². The molecule has 0 atom stereocenters. The van der Waals surface area contributed by atoms with E-state index in [1.165, 1.54) is 24.8 Å². The van der Waals surface area contributed by atoms with Crippen molar-refractivity contribution >= 4 is 0 Å². The summed E-state index contributed by atoms with van der Waals surface area (Å²) < 4.78 is 0. The average Bonchev–Trinajstić information content (AvgIpc) is 2.03. The lowest BCUT2D eigenvalue weighted by Crippen LogP contribution is -1.83. The molecule has 0 unspecified atom stereocenters. The first kappa shape index (κ1) is 10.2. The number of allylic oxidation sites excluding steroid dienone is 5. The van der Waals surface area contributed by atoms with Gasteiger partial charge in [0.2, 0.25) is 0 Å². The Morgan fingerprint density at radius 1 is 1.45 bits per heavy atom. The number of rotatable bonds is 3. The zero-order valence-electron chi connectivity index (χ0n) is 6.34. The Kier molecular flexibility index (Phi) is 5.54. The fourth-order valence-electron chi connectivity index (χ4n) is 1.12. The molecule has 0 saturated heterocycles. The molecule has 0 amide bonds. The van der Waals surface area contributed by atoms with Crippen molar-refractivity contribution in [3.05, 3.63) is 36.5 Å². The Labute approximate surface area is 70.3 Å². The molecule has 0 bridgehead atoms. The molecule has 0 radical (unpaired) electrons. The Morgan fingerprint density at radius 3 is 2.82 bits per heavy atom. The highest BCUT2D eigenvalue weighted by Gasteiger charge is 1.94. The van der Waals surface area contributed by atoms with Crippen molar-refractivity contribution < 1.29 is 0 Å². The number of hydrogen-bond donors (Lipinski definition) is 0. The minimum atomic E-state index is 0. The molecule has 0 aliphatic heterocycles. The molecule has 0 N–H and O–H groups in total. The SMILES string of the molecule is C.C=CCCC1=CCCC=C1. The third kappa shape index (κ3) is 3.82. The van der Waals surface area contributed by atoms with E-state index in [1.807, 2.05) is 6.08 Å². The van der Waals surface area contributed by atoms with Crippen molar-refractivity contribution in [1.82, 2.24) is 0 Å². The molecule has 0 nitrogen and oxygen atoms in total. The molecule has 0 aromatic heterocycles. The Bertz CT molecular complexity index is 161. The van der Waals surface area contributed by atoms with Gasteiger partial charge in [-0.25, -0.2) is 0 Å². The topological polar surface area (TPSA) is 0 Å². The van der Waals surface area contributed by atoms with Gasteiger partial charge in [-0.1, -0.05) is 37.3 Å². The maximum atomic E-state index is 3.69. The lowest BCUT2D eigenvalue weighted by molar-refractivity contribution is 0.943. The fourth-order valence-corrected chi connectivity index (χ4v) is 1.12. The van der Waals surface area contributed by atoms with Gasteiger partial charge in [0.25, 0.3) is 0 Å². The van der Waals surface area contributed by atoms with Crippen molar-refractivity contribution in [2.75, 3.05) is 0 Å². The smallest absolute Gasteiger partial charge is 0.0248 e. The summed E-state index contributed by atoms with van der Waals surface area (Å²) in [4.78, 5) is 0. The lowest BCUT2D eigenvalue weighted by atomic mass is 10.0. The third-order valence-corrected chi connectivity index (χ3v) is 1.71. The van der Waals surface area contributed by atoms with Gasteiger partial charge in [-0.3, -0.25) is 0 Å². The second kappa shape index (κ2) is 5.96. The molecule has 0 aromatic rings. The second-order valence-corrected chi connectivity index (χ2v) is 2.59. The van der Waals surface area contributed by atoms with Crippen LogP contribution in [0.5, 0.6) is 0 Å². The number of hydrogen-bond acceptors (Lipinski definition) is 0. The van der Waals surface area contributed by atoms with Crippen LogP contribution in [-0.2, 0) is 0 Å². The normalized spacial score (nSPS) is 15.1. The predicted octanol–water partition coefficient (Wildman–Crippen LogP) is 3.87. The van der Waals surface area contributed by atoms with Crippen molar-refractivity contribution in [1.29, 1.82) is 0 Å². The van der Waals surface area contributed by atoms with Gasteiger partial charge in [0.1, 0.15) is 0 Å². The van der Waals surface area contributed by atoms with E-state index in [1.54, 1.807) is 0 Å². The van der Waals surface area contributed by atoms with E-state index >= 15 is 0 Å². The lowest BCUT2D eigenvalue weighted by Gasteiger charge is -2.03. The minimum absolute atomic E-state index is 0. The summed E-state index contributed by atoms with van der Waals surface area (Å²) in [6, 6.07) is 0. The molecule has 1 aliphatic rings. The Balaban J connectivity index is 0.000001000. The van der Waals surface area contributed by atoms with E-state index in [0.29, 0.717) is 0 Å². The van der Waals surface area contributed by atoms with Crippen LogP contribution in [0.4, 0.5) is 0 Å². The molecule has 11 heavy (non-hydrogen) atoms. The van der Waals surface area contributed by atoms with Crippen LogP contribution in [0.2, 0.25) is 0 Å². The first-order valence-corrected chi connectivity index (χ1v) is 3.90. The van der Waals surface area contributed by atoms with Crippen LogP contribution in [0.3, 0.4) is 0 Å². The first-order valence-electron chi connectivity index (χ1n) is 3.90. The molecular weight excluding hydrogens is 132 g/mol. The molecule has 0 heterocycles. The van der Waals surface area contributed by atoms with Crippen molar-refractivity contribution in [2.45, 2.75) is 33.1 Å². The van der Waals surface area contributed by atoms with Crippen LogP contribution < -0.4 is 0 Å². The van der Waals surface area contributed by atoms with E-state index in [-0.39, 0.29) is 7.43 Å². The van der Waals surface area contributed by atoms with E-state index in [4.69, 9.17) is 0 Å². The van der Waals surface area contributed by atoms with Gasteiger partial charge in [-0.15, -0.1) is 6.58 Å². The van der Waals surface area contributed by atoms with E-state index in [9.17, 15) is 0 Å². The van der Waals surface area contributed by atoms with Crippen LogP contribution in [0, 0.1) is 0 Å². The summed E-state index contributed by atoms with van der Waals surface area (Å²) >= 11 is 0. The van der Waals surface area contributed by atoms with Crippen molar-refractivity contribution in [2.24, 2.45) is 0 Å². The minimum Gasteiger partial charge on any atom is -0.103 e. The molecule has 62 valence electrons. The summed E-state index contributed by atoms with van der Waals surface area (Å²) in [5, 5.41) is 0. The van der Waals surface area contributed by atoms with E-state index in [0.717, 1.165) is 6.42 Å². The fraction of sp³-hybridized carbons (Fsp3) is 0.455. The maximum absolute atomic E-state index is 3.69. The van der Waals surface area contributed by atoms with E-state index < -0.39 is 0 Å². The Morgan fingerprint density at radius 2 is 2.27 bits per heavy atom. The van der Waals surface area contributed by atoms with Crippen molar-refractivity contribution in [3.8, 4) is 0 Å². The monoisotopic (exact) mass is 150 g/mol. The van der Waals surface area contributed by atoms with E-state index in [2.05, 4.69) is 24.8 Å². The zero-order chi connectivity index (χ0) is 7.23. The molecular formula is C11H18. The maximum Gasteiger partial charge on any atom is -0.0248 e. The quantitative estimate of drug-likeness (QED) is 0.536. The highest BCUT2D eigenvalue weighted by Crippen LogP contribution is 2.14. The van der Waals surface area contributed by atoms with Crippen LogP contribution in [-0.4, -0.2) is 0 Å². The standard InChI is InChI=1S/C10H14.CH4/c1-2-3-7-10-8-5-4-6-9-10;/h2,5,8-9H,1,3-4,6-7H2;1H4. The van der Waals surface area contributed by atoms with Gasteiger partial charge in [-0.05, 0) is 25.7 Å². The Hall–Kier alpha value is -0.780. The second-order valence-electron chi connectivity index (χ2n) is 2.59. The van der Waals surface area contributed by atoms with Gasteiger partial charge in [0, 0.05) is 0 Å². The largest absolute Gasteiger partial charge is 0.103 e. The van der Waals surface area contributed by atoms with Crippen LogP contribution in [0.1, 0.15) is 33.1 Å². The molecule has 0 aromatic carbocycles. The molecule has 0 spiro atoms. The van der Waals surface area contributed by atoms with Gasteiger partial charge < -0.3 is 0 Å². The summed E-state index contributed by atoms with van der Waals surface area (Å²) in [5.41, 5.74) is 1.48. The highest BCUT2D eigenvalue weighted by atomic mass is 14.0. The molecule has 0 fully saturated rings. The molecule has 1 aliphatic carbocycles. The highest BCUT2D eigenvalue weighted by molar-refractivity contribution is 5.22. The predicted molar refractivity (Wildman–Crippen MR) is 52.6 cm³/mol. The van der Waals surface area contributed by atoms with Gasteiger partial charge >= 0.3 is 0 Å². The molecule has 0 saturated carbocycles. The van der Waals surface area contributed by atoms with Crippen LogP contribution in [0.25, 0.3) is 0 Å². The molecule has 0 heteroatoms.